The van der Waals surface area contributed by atoms with Crippen molar-refractivity contribution in [3.05, 3.63) is 77.6 Å². The number of halogens is 1. The molecule has 0 saturated heterocycles. The van der Waals surface area contributed by atoms with Gasteiger partial charge in [0, 0.05) is 5.57 Å². The van der Waals surface area contributed by atoms with Crippen LogP contribution in [-0.2, 0) is 0 Å². The Kier molecular flexibility index (Phi) is 5.90. The van der Waals surface area contributed by atoms with E-state index in [2.05, 4.69) is 5.16 Å². The standard InChI is InChI=1S/C19H20FNO/c1-2-3-14-17(21-22)19(20)18(15-10-6-4-7-11-15)16-12-8-5-9-13-16/h4-13,22H,2-3,14H2,1H3/b21-17+. The third kappa shape index (κ3) is 3.82. The van der Waals surface area contributed by atoms with Crippen molar-refractivity contribution in [2.75, 3.05) is 0 Å². The lowest BCUT2D eigenvalue weighted by molar-refractivity contribution is 0.316. The predicted octanol–water partition coefficient (Wildman–Crippen LogP) is 5.44. The third-order valence-electron chi connectivity index (χ3n) is 3.49. The third-order valence-corrected chi connectivity index (χ3v) is 3.49. The summed E-state index contributed by atoms with van der Waals surface area (Å²) in [5.74, 6) is -0.464. The Morgan fingerprint density at radius 3 is 1.86 bits per heavy atom. The zero-order valence-corrected chi connectivity index (χ0v) is 12.7. The second kappa shape index (κ2) is 8.13. The minimum atomic E-state index is -0.464. The van der Waals surface area contributed by atoms with E-state index in [1.807, 2.05) is 67.6 Å². The maximum absolute atomic E-state index is 15.0. The molecule has 0 atom stereocenters. The molecule has 0 aromatic heterocycles. The fraction of sp³-hybridized carbons (Fsp3) is 0.211. The molecule has 114 valence electrons. The molecule has 0 spiro atoms. The second-order valence-corrected chi connectivity index (χ2v) is 5.07. The lowest BCUT2D eigenvalue weighted by Crippen LogP contribution is -2.04. The van der Waals surface area contributed by atoms with Gasteiger partial charge in [-0.05, 0) is 24.0 Å². The summed E-state index contributed by atoms with van der Waals surface area (Å²) < 4.78 is 15.0. The Bertz CT molecular complexity index is 606. The van der Waals surface area contributed by atoms with Crippen LogP contribution >= 0.6 is 0 Å². The molecule has 0 fully saturated rings. The largest absolute Gasteiger partial charge is 0.411 e. The smallest absolute Gasteiger partial charge is 0.156 e. The number of hydrogen-bond donors (Lipinski definition) is 1. The first kappa shape index (κ1) is 16.0. The highest BCUT2D eigenvalue weighted by Crippen LogP contribution is 2.29. The van der Waals surface area contributed by atoms with Crippen molar-refractivity contribution < 1.29 is 9.60 Å². The summed E-state index contributed by atoms with van der Waals surface area (Å²) in [5.41, 5.74) is 2.10. The quantitative estimate of drug-likeness (QED) is 0.430. The molecule has 0 unspecified atom stereocenters. The van der Waals surface area contributed by atoms with Gasteiger partial charge in [0.25, 0.3) is 0 Å². The van der Waals surface area contributed by atoms with Crippen LogP contribution in [0.2, 0.25) is 0 Å². The number of oxime groups is 1. The number of rotatable bonds is 6. The van der Waals surface area contributed by atoms with E-state index in [1.165, 1.54) is 0 Å². The molecule has 0 saturated carbocycles. The predicted molar refractivity (Wildman–Crippen MR) is 88.8 cm³/mol. The van der Waals surface area contributed by atoms with Crippen LogP contribution in [0.5, 0.6) is 0 Å². The molecule has 2 nitrogen and oxygen atoms in total. The van der Waals surface area contributed by atoms with Crippen molar-refractivity contribution in [1.82, 2.24) is 0 Å². The molecular formula is C19H20FNO. The zero-order chi connectivity index (χ0) is 15.8. The molecule has 0 amide bonds. The first-order valence-electron chi connectivity index (χ1n) is 7.49. The van der Waals surface area contributed by atoms with Gasteiger partial charge in [0.2, 0.25) is 0 Å². The van der Waals surface area contributed by atoms with Gasteiger partial charge in [0.1, 0.15) is 5.71 Å². The van der Waals surface area contributed by atoms with E-state index < -0.39 is 5.83 Å². The van der Waals surface area contributed by atoms with Crippen molar-refractivity contribution in [3.63, 3.8) is 0 Å². The summed E-state index contributed by atoms with van der Waals surface area (Å²) >= 11 is 0. The summed E-state index contributed by atoms with van der Waals surface area (Å²) in [4.78, 5) is 0. The summed E-state index contributed by atoms with van der Waals surface area (Å²) in [7, 11) is 0. The van der Waals surface area contributed by atoms with Crippen LogP contribution in [0.4, 0.5) is 4.39 Å². The van der Waals surface area contributed by atoms with Crippen molar-refractivity contribution in [3.8, 4) is 0 Å². The van der Waals surface area contributed by atoms with Crippen molar-refractivity contribution in [1.29, 1.82) is 0 Å². The molecule has 0 bridgehead atoms. The average Bonchev–Trinajstić information content (AvgIpc) is 2.58. The molecule has 22 heavy (non-hydrogen) atoms. The fourth-order valence-corrected chi connectivity index (χ4v) is 2.32. The second-order valence-electron chi connectivity index (χ2n) is 5.07. The van der Waals surface area contributed by atoms with Gasteiger partial charge in [-0.2, -0.15) is 0 Å². The first-order chi connectivity index (χ1) is 10.8. The SMILES string of the molecule is CCCC/C(=N\O)C(F)=C(c1ccccc1)c1ccccc1. The van der Waals surface area contributed by atoms with Gasteiger partial charge in [-0.3, -0.25) is 0 Å². The average molecular weight is 297 g/mol. The van der Waals surface area contributed by atoms with E-state index in [4.69, 9.17) is 0 Å². The van der Waals surface area contributed by atoms with Gasteiger partial charge >= 0.3 is 0 Å². The Morgan fingerprint density at radius 1 is 0.955 bits per heavy atom. The summed E-state index contributed by atoms with van der Waals surface area (Å²) in [5, 5.41) is 12.4. The molecule has 0 radical (unpaired) electrons. The Labute approximate surface area is 130 Å². The lowest BCUT2D eigenvalue weighted by atomic mass is 9.95. The number of nitrogens with zero attached hydrogens (tertiary/aromatic N) is 1. The molecule has 0 aliphatic rings. The highest BCUT2D eigenvalue weighted by atomic mass is 19.1. The Hall–Kier alpha value is -2.42. The minimum absolute atomic E-state index is 0.101. The van der Waals surface area contributed by atoms with Crippen LogP contribution in [0, 0.1) is 0 Å². The van der Waals surface area contributed by atoms with Gasteiger partial charge in [0.15, 0.2) is 5.83 Å². The van der Waals surface area contributed by atoms with Gasteiger partial charge in [-0.15, -0.1) is 0 Å². The van der Waals surface area contributed by atoms with E-state index in [0.29, 0.717) is 12.0 Å². The van der Waals surface area contributed by atoms with Crippen molar-refractivity contribution in [2.24, 2.45) is 5.16 Å². The van der Waals surface area contributed by atoms with Gasteiger partial charge in [-0.25, -0.2) is 4.39 Å². The number of hydrogen-bond acceptors (Lipinski definition) is 2. The summed E-state index contributed by atoms with van der Waals surface area (Å²) in [6, 6.07) is 18.7. The minimum Gasteiger partial charge on any atom is -0.411 e. The Balaban J connectivity index is 2.55. The van der Waals surface area contributed by atoms with Crippen LogP contribution in [-0.4, -0.2) is 10.9 Å². The van der Waals surface area contributed by atoms with E-state index in [1.54, 1.807) is 0 Å². The molecule has 0 aliphatic carbocycles. The van der Waals surface area contributed by atoms with Crippen LogP contribution in [0.15, 0.2) is 71.6 Å². The summed E-state index contributed by atoms with van der Waals surface area (Å²) in [6.45, 7) is 2.02. The highest BCUT2D eigenvalue weighted by molar-refractivity contribution is 6.06. The normalized spacial score (nSPS) is 11.3. The monoisotopic (exact) mass is 297 g/mol. The van der Waals surface area contributed by atoms with Crippen LogP contribution < -0.4 is 0 Å². The van der Waals surface area contributed by atoms with Crippen molar-refractivity contribution in [2.45, 2.75) is 26.2 Å². The molecule has 1 N–H and O–H groups in total. The molecule has 2 rings (SSSR count). The van der Waals surface area contributed by atoms with Crippen LogP contribution in [0.1, 0.15) is 37.3 Å². The zero-order valence-electron chi connectivity index (χ0n) is 12.7. The maximum Gasteiger partial charge on any atom is 0.156 e. The van der Waals surface area contributed by atoms with Gasteiger partial charge < -0.3 is 5.21 Å². The summed E-state index contributed by atoms with van der Waals surface area (Å²) in [6.07, 6.45) is 2.12. The highest BCUT2D eigenvalue weighted by Gasteiger charge is 2.17. The molecule has 0 aliphatic heterocycles. The van der Waals surface area contributed by atoms with Crippen molar-refractivity contribution >= 4 is 11.3 Å². The van der Waals surface area contributed by atoms with Gasteiger partial charge in [0.05, 0.1) is 0 Å². The molecule has 0 heterocycles. The first-order valence-corrected chi connectivity index (χ1v) is 7.49. The maximum atomic E-state index is 15.0. The van der Waals surface area contributed by atoms with Crippen LogP contribution in [0.25, 0.3) is 5.57 Å². The Morgan fingerprint density at radius 2 is 1.45 bits per heavy atom. The molecule has 3 heteroatoms. The number of allylic oxidation sites excluding steroid dienone is 1. The van der Waals surface area contributed by atoms with E-state index in [0.717, 1.165) is 24.0 Å². The topological polar surface area (TPSA) is 32.6 Å². The molecule has 2 aromatic carbocycles. The molecule has 2 aromatic rings. The molecular weight excluding hydrogens is 277 g/mol. The van der Waals surface area contributed by atoms with E-state index in [9.17, 15) is 5.21 Å². The van der Waals surface area contributed by atoms with E-state index >= 15 is 4.39 Å². The number of benzene rings is 2. The number of unbranched alkanes of at least 4 members (excludes halogenated alkanes) is 1. The lowest BCUT2D eigenvalue weighted by Gasteiger charge is -2.11. The van der Waals surface area contributed by atoms with E-state index in [-0.39, 0.29) is 5.71 Å². The van der Waals surface area contributed by atoms with Gasteiger partial charge in [-0.1, -0.05) is 79.2 Å². The fourth-order valence-electron chi connectivity index (χ4n) is 2.32. The van der Waals surface area contributed by atoms with Crippen LogP contribution in [0.3, 0.4) is 0 Å².